The van der Waals surface area contributed by atoms with Crippen molar-refractivity contribution in [3.63, 3.8) is 0 Å². The number of carbonyl (C=O) groups is 2. The molecule has 36 heavy (non-hydrogen) atoms. The molecule has 0 radical (unpaired) electrons. The molecule has 0 saturated heterocycles. The summed E-state index contributed by atoms with van der Waals surface area (Å²) in [4.78, 5) is 27.0. The number of esters is 1. The van der Waals surface area contributed by atoms with Gasteiger partial charge in [0.25, 0.3) is 5.91 Å². The van der Waals surface area contributed by atoms with E-state index in [0.29, 0.717) is 17.4 Å². The fourth-order valence-electron chi connectivity index (χ4n) is 4.31. The van der Waals surface area contributed by atoms with E-state index in [4.69, 9.17) is 9.47 Å². The number of rotatable bonds is 10. The second kappa shape index (κ2) is 11.4. The number of amides is 1. The highest BCUT2D eigenvalue weighted by atomic mass is 32.1. The highest BCUT2D eigenvalue weighted by molar-refractivity contribution is 7.14. The van der Waals surface area contributed by atoms with Crippen LogP contribution in [0.4, 0.5) is 0 Å². The Hall–Kier alpha value is -2.34. The third kappa shape index (κ3) is 6.31. The maximum Gasteiger partial charge on any atom is 0.330 e. The van der Waals surface area contributed by atoms with Crippen molar-refractivity contribution < 1.29 is 19.1 Å². The van der Waals surface area contributed by atoms with Crippen LogP contribution in [0.15, 0.2) is 24.3 Å². The standard InChI is InChI=1S/C30H45NO4S/c1-12-30(13-2,22-14-15-23(19(3)16-22)35-18-21(5)28(6,7)8)24-17-20(4)25(36-24)26(32)31-29(9,10)27(33)34-11/h14-17,21H,12-13,18H2,1-11H3,(H,31,32). The van der Waals surface area contributed by atoms with Crippen LogP contribution in [0.1, 0.15) is 99.5 Å². The zero-order valence-electron chi connectivity index (χ0n) is 24.0. The quantitative estimate of drug-likeness (QED) is 0.340. The van der Waals surface area contributed by atoms with Crippen molar-refractivity contribution in [2.24, 2.45) is 11.3 Å². The van der Waals surface area contributed by atoms with E-state index >= 15 is 0 Å². The van der Waals surface area contributed by atoms with Gasteiger partial charge in [0, 0.05) is 10.3 Å². The molecule has 1 heterocycles. The second-order valence-corrected chi connectivity index (χ2v) is 12.6. The smallest absolute Gasteiger partial charge is 0.330 e. The van der Waals surface area contributed by atoms with E-state index in [1.165, 1.54) is 24.0 Å². The van der Waals surface area contributed by atoms with E-state index in [-0.39, 0.29) is 16.7 Å². The predicted molar refractivity (Wildman–Crippen MR) is 149 cm³/mol. The van der Waals surface area contributed by atoms with Crippen LogP contribution in [0.3, 0.4) is 0 Å². The minimum Gasteiger partial charge on any atom is -0.493 e. The van der Waals surface area contributed by atoms with Gasteiger partial charge < -0.3 is 14.8 Å². The van der Waals surface area contributed by atoms with Gasteiger partial charge in [-0.15, -0.1) is 11.3 Å². The molecule has 0 aliphatic carbocycles. The first-order valence-electron chi connectivity index (χ1n) is 12.9. The number of ether oxygens (including phenoxy) is 2. The Morgan fingerprint density at radius 1 is 1.00 bits per heavy atom. The van der Waals surface area contributed by atoms with Gasteiger partial charge in [0.15, 0.2) is 0 Å². The molecule has 2 rings (SSSR count). The molecule has 2 aromatic rings. The molecule has 1 unspecified atom stereocenters. The number of methoxy groups -OCH3 is 1. The summed E-state index contributed by atoms with van der Waals surface area (Å²) in [7, 11) is 1.32. The fraction of sp³-hybridized carbons (Fsp3) is 0.600. The lowest BCUT2D eigenvalue weighted by Gasteiger charge is -2.32. The lowest BCUT2D eigenvalue weighted by molar-refractivity contribution is -0.146. The van der Waals surface area contributed by atoms with Gasteiger partial charge in [-0.3, -0.25) is 4.79 Å². The molecule has 0 fully saturated rings. The van der Waals surface area contributed by atoms with Gasteiger partial charge >= 0.3 is 5.97 Å². The number of nitrogens with one attached hydrogen (secondary N) is 1. The minimum absolute atomic E-state index is 0.195. The summed E-state index contributed by atoms with van der Waals surface area (Å²) in [6, 6.07) is 8.63. The first-order chi connectivity index (χ1) is 16.6. The largest absolute Gasteiger partial charge is 0.493 e. The fourth-order valence-corrected chi connectivity index (χ4v) is 5.73. The van der Waals surface area contributed by atoms with Crippen LogP contribution in [0, 0.1) is 25.2 Å². The summed E-state index contributed by atoms with van der Waals surface area (Å²) in [5.41, 5.74) is 2.13. The lowest BCUT2D eigenvalue weighted by atomic mass is 9.74. The SMILES string of the molecule is CCC(CC)(c1ccc(OCC(C)C(C)(C)C)c(C)c1)c1cc(C)c(C(=O)NC(C)(C)C(=O)OC)s1. The summed E-state index contributed by atoms with van der Waals surface area (Å²) in [6.07, 6.45) is 1.80. The average Bonchev–Trinajstić information content (AvgIpc) is 3.20. The monoisotopic (exact) mass is 515 g/mol. The molecule has 0 saturated carbocycles. The first kappa shape index (κ1) is 29.9. The van der Waals surface area contributed by atoms with Gasteiger partial charge in [-0.1, -0.05) is 53.7 Å². The van der Waals surface area contributed by atoms with Gasteiger partial charge in [-0.2, -0.15) is 0 Å². The lowest BCUT2D eigenvalue weighted by Crippen LogP contribution is -2.50. The average molecular weight is 516 g/mol. The van der Waals surface area contributed by atoms with Crippen molar-refractivity contribution >= 4 is 23.2 Å². The molecule has 1 N–H and O–H groups in total. The summed E-state index contributed by atoms with van der Waals surface area (Å²) < 4.78 is 11.0. The van der Waals surface area contributed by atoms with Crippen LogP contribution >= 0.6 is 11.3 Å². The third-order valence-electron chi connectivity index (χ3n) is 7.62. The highest BCUT2D eigenvalue weighted by Gasteiger charge is 2.36. The third-order valence-corrected chi connectivity index (χ3v) is 9.06. The molecule has 1 amide bonds. The zero-order valence-corrected chi connectivity index (χ0v) is 24.9. The number of carbonyl (C=O) groups excluding carboxylic acids is 2. The molecule has 0 bridgehead atoms. The maximum atomic E-state index is 13.1. The van der Waals surface area contributed by atoms with Crippen molar-refractivity contribution in [1.82, 2.24) is 5.32 Å². The van der Waals surface area contributed by atoms with Crippen LogP contribution < -0.4 is 10.1 Å². The zero-order chi connectivity index (χ0) is 27.5. The molecule has 0 spiro atoms. The minimum atomic E-state index is -1.10. The van der Waals surface area contributed by atoms with Crippen LogP contribution in [-0.2, 0) is 14.9 Å². The number of benzene rings is 1. The topological polar surface area (TPSA) is 64.6 Å². The molecule has 0 aliphatic heterocycles. The summed E-state index contributed by atoms with van der Waals surface area (Å²) in [5, 5.41) is 2.84. The van der Waals surface area contributed by atoms with Crippen molar-refractivity contribution in [2.75, 3.05) is 13.7 Å². The van der Waals surface area contributed by atoms with Crippen LogP contribution in [0.5, 0.6) is 5.75 Å². The maximum absolute atomic E-state index is 13.1. The van der Waals surface area contributed by atoms with Crippen LogP contribution in [-0.4, -0.2) is 31.1 Å². The second-order valence-electron chi connectivity index (χ2n) is 11.5. The summed E-state index contributed by atoms with van der Waals surface area (Å²) in [5.74, 6) is 0.623. The van der Waals surface area contributed by atoms with Gasteiger partial charge in [0.2, 0.25) is 0 Å². The van der Waals surface area contributed by atoms with Crippen molar-refractivity contribution in [3.05, 3.63) is 50.7 Å². The van der Waals surface area contributed by atoms with Crippen molar-refractivity contribution in [3.8, 4) is 5.75 Å². The summed E-state index contributed by atoms with van der Waals surface area (Å²) >= 11 is 1.51. The molecule has 0 aliphatic rings. The van der Waals surface area contributed by atoms with E-state index in [0.717, 1.165) is 34.6 Å². The van der Waals surface area contributed by atoms with Crippen molar-refractivity contribution in [2.45, 2.75) is 93.0 Å². The Bertz CT molecular complexity index is 1070. The number of hydrogen-bond acceptors (Lipinski definition) is 5. The van der Waals surface area contributed by atoms with Crippen LogP contribution in [0.25, 0.3) is 0 Å². The van der Waals surface area contributed by atoms with E-state index in [2.05, 4.69) is 78.0 Å². The van der Waals surface area contributed by atoms with E-state index in [1.807, 2.05) is 6.92 Å². The Balaban J connectivity index is 2.39. The van der Waals surface area contributed by atoms with Crippen molar-refractivity contribution in [1.29, 1.82) is 0 Å². The normalized spacial score (nSPS) is 13.3. The first-order valence-corrected chi connectivity index (χ1v) is 13.7. The number of hydrogen-bond donors (Lipinski definition) is 1. The van der Waals surface area contributed by atoms with E-state index in [9.17, 15) is 9.59 Å². The van der Waals surface area contributed by atoms with E-state index in [1.54, 1.807) is 13.8 Å². The Morgan fingerprint density at radius 2 is 1.61 bits per heavy atom. The van der Waals surface area contributed by atoms with Gasteiger partial charge in [-0.25, -0.2) is 4.79 Å². The molecule has 6 heteroatoms. The Labute approximate surface area is 222 Å². The molecule has 1 aromatic heterocycles. The molecular weight excluding hydrogens is 470 g/mol. The molecule has 5 nitrogen and oxygen atoms in total. The Kier molecular flexibility index (Phi) is 9.44. The Morgan fingerprint density at radius 3 is 2.11 bits per heavy atom. The van der Waals surface area contributed by atoms with Crippen LogP contribution in [0.2, 0.25) is 0 Å². The predicted octanol–water partition coefficient (Wildman–Crippen LogP) is 7.21. The van der Waals surface area contributed by atoms with Gasteiger partial charge in [-0.05, 0) is 80.7 Å². The highest BCUT2D eigenvalue weighted by Crippen LogP contribution is 2.44. The molecule has 1 atom stereocenters. The van der Waals surface area contributed by atoms with Gasteiger partial charge in [0.05, 0.1) is 18.6 Å². The molecule has 200 valence electrons. The number of thiophene rings is 1. The molecule has 1 aromatic carbocycles. The van der Waals surface area contributed by atoms with Gasteiger partial charge in [0.1, 0.15) is 11.3 Å². The molecular formula is C30H45NO4S. The number of aryl methyl sites for hydroxylation is 2. The summed E-state index contributed by atoms with van der Waals surface area (Å²) in [6.45, 7) is 21.4. The van der Waals surface area contributed by atoms with E-state index < -0.39 is 11.5 Å².